The topological polar surface area (TPSA) is 104 Å². The molecule has 3 atom stereocenters. The van der Waals surface area contributed by atoms with Gasteiger partial charge in [0, 0.05) is 6.42 Å². The minimum absolute atomic E-state index is 0.0777. The Kier molecular flexibility index (Phi) is 10.5. The number of aliphatic carboxylic acids is 1. The molecule has 9 heteroatoms. The molecule has 0 aromatic heterocycles. The molecular formula is C18H31F4NO4. The molecule has 0 bridgehead atoms. The van der Waals surface area contributed by atoms with E-state index in [1.807, 2.05) is 0 Å². The maximum Gasteiger partial charge on any atom is 0.338 e. The van der Waals surface area contributed by atoms with Crippen LogP contribution in [0.1, 0.15) is 58.8 Å². The number of unbranched alkanes of at least 4 members (excludes halogenated alkanes) is 4. The molecule has 0 aliphatic rings. The van der Waals surface area contributed by atoms with Gasteiger partial charge in [-0.1, -0.05) is 58.1 Å². The van der Waals surface area contributed by atoms with Gasteiger partial charge in [0.15, 0.2) is 11.6 Å². The first-order valence-electron chi connectivity index (χ1n) is 9.10. The summed E-state index contributed by atoms with van der Waals surface area (Å²) in [5.74, 6) is -12.2. The fourth-order valence-corrected chi connectivity index (χ4v) is 2.55. The number of hydrogen-bond donors (Lipinski definition) is 4. The summed E-state index contributed by atoms with van der Waals surface area (Å²) in [6, 6.07) is 0. The fourth-order valence-electron chi connectivity index (χ4n) is 2.55. The maximum atomic E-state index is 14.0. The molecule has 0 saturated heterocycles. The minimum Gasteiger partial charge on any atom is -0.480 e. The second kappa shape index (κ2) is 11.0. The molecule has 27 heavy (non-hydrogen) atoms. The molecule has 0 fully saturated rings. The molecule has 0 rings (SSSR count). The summed E-state index contributed by atoms with van der Waals surface area (Å²) < 4.78 is 55.9. The summed E-state index contributed by atoms with van der Waals surface area (Å²) in [6.45, 7) is 2.24. The number of carboxylic acids is 1. The zero-order chi connectivity index (χ0) is 21.3. The standard InChI is InChI=1S/C18H31F4NO4/c1-3-4-5-6-7-9-13(2)10-8-11-17(19,20)18(21,22)14(25)16(23,12-24)15(26)27/h8,10,13-14,24-25H,3-7,9,11-12,23H2,1-2H3,(H,26,27)/b10-8+. The van der Waals surface area contributed by atoms with Crippen molar-refractivity contribution in [3.8, 4) is 0 Å². The van der Waals surface area contributed by atoms with E-state index in [2.05, 4.69) is 6.92 Å². The van der Waals surface area contributed by atoms with Crippen LogP contribution in [-0.4, -0.2) is 51.4 Å². The van der Waals surface area contributed by atoms with Crippen molar-refractivity contribution in [1.29, 1.82) is 0 Å². The van der Waals surface area contributed by atoms with Crippen molar-refractivity contribution in [3.63, 3.8) is 0 Å². The minimum atomic E-state index is -5.14. The van der Waals surface area contributed by atoms with Crippen molar-refractivity contribution >= 4 is 5.97 Å². The normalized spacial score (nSPS) is 17.7. The van der Waals surface area contributed by atoms with Crippen LogP contribution in [0.2, 0.25) is 0 Å². The fraction of sp³-hybridized carbons (Fsp3) is 0.833. The zero-order valence-electron chi connectivity index (χ0n) is 15.8. The highest BCUT2D eigenvalue weighted by molar-refractivity contribution is 5.79. The van der Waals surface area contributed by atoms with Gasteiger partial charge in [0.1, 0.15) is 0 Å². The van der Waals surface area contributed by atoms with E-state index < -0.39 is 42.5 Å². The number of rotatable bonds is 14. The monoisotopic (exact) mass is 401 g/mol. The van der Waals surface area contributed by atoms with Gasteiger partial charge in [-0.2, -0.15) is 17.6 Å². The first-order valence-corrected chi connectivity index (χ1v) is 9.10. The highest BCUT2D eigenvalue weighted by atomic mass is 19.3. The molecular weight excluding hydrogens is 370 g/mol. The molecule has 0 amide bonds. The first-order chi connectivity index (χ1) is 12.4. The molecule has 5 nitrogen and oxygen atoms in total. The predicted octanol–water partition coefficient (Wildman–Crippen LogP) is 3.34. The molecule has 0 heterocycles. The van der Waals surface area contributed by atoms with E-state index in [-0.39, 0.29) is 5.92 Å². The Morgan fingerprint density at radius 1 is 1.15 bits per heavy atom. The summed E-state index contributed by atoms with van der Waals surface area (Å²) in [7, 11) is 0. The highest BCUT2D eigenvalue weighted by Gasteiger charge is 2.66. The molecule has 0 aromatic carbocycles. The van der Waals surface area contributed by atoms with E-state index in [9.17, 15) is 27.5 Å². The molecule has 0 saturated carbocycles. The number of aliphatic hydroxyl groups is 2. The number of carbonyl (C=O) groups is 1. The lowest BCUT2D eigenvalue weighted by Gasteiger charge is -2.37. The predicted molar refractivity (Wildman–Crippen MR) is 93.8 cm³/mol. The summed E-state index contributed by atoms with van der Waals surface area (Å²) >= 11 is 0. The summed E-state index contributed by atoms with van der Waals surface area (Å²) in [4.78, 5) is 10.9. The van der Waals surface area contributed by atoms with Gasteiger partial charge in [-0.3, -0.25) is 4.79 Å². The summed E-state index contributed by atoms with van der Waals surface area (Å²) in [6.07, 6.45) is 3.41. The van der Waals surface area contributed by atoms with Crippen molar-refractivity contribution < 1.29 is 37.7 Å². The van der Waals surface area contributed by atoms with Gasteiger partial charge >= 0.3 is 17.8 Å². The van der Waals surface area contributed by atoms with Crippen LogP contribution in [-0.2, 0) is 4.79 Å². The van der Waals surface area contributed by atoms with E-state index >= 15 is 0 Å². The van der Waals surface area contributed by atoms with Crippen molar-refractivity contribution in [2.24, 2.45) is 11.7 Å². The van der Waals surface area contributed by atoms with E-state index in [4.69, 9.17) is 15.9 Å². The van der Waals surface area contributed by atoms with Crippen molar-refractivity contribution in [3.05, 3.63) is 12.2 Å². The summed E-state index contributed by atoms with van der Waals surface area (Å²) in [5.41, 5.74) is 1.70. The van der Waals surface area contributed by atoms with Gasteiger partial charge in [0.2, 0.25) is 0 Å². The number of alkyl halides is 4. The Morgan fingerprint density at radius 3 is 2.19 bits per heavy atom. The number of hydrogen-bond acceptors (Lipinski definition) is 4. The van der Waals surface area contributed by atoms with Gasteiger partial charge < -0.3 is 21.1 Å². The largest absolute Gasteiger partial charge is 0.480 e. The van der Waals surface area contributed by atoms with Crippen molar-refractivity contribution in [1.82, 2.24) is 0 Å². The molecule has 3 unspecified atom stereocenters. The number of nitrogens with two attached hydrogens (primary N) is 1. The van der Waals surface area contributed by atoms with Crippen LogP contribution >= 0.6 is 0 Å². The van der Waals surface area contributed by atoms with Crippen LogP contribution in [0.15, 0.2) is 12.2 Å². The van der Waals surface area contributed by atoms with Crippen LogP contribution in [0, 0.1) is 5.92 Å². The van der Waals surface area contributed by atoms with Crippen molar-refractivity contribution in [2.45, 2.75) is 82.3 Å². The molecule has 0 spiro atoms. The quantitative estimate of drug-likeness (QED) is 0.203. The van der Waals surface area contributed by atoms with E-state index in [0.29, 0.717) is 0 Å². The number of carboxylic acid groups (broad SMARTS) is 1. The van der Waals surface area contributed by atoms with Crippen LogP contribution in [0.4, 0.5) is 17.6 Å². The molecule has 0 aliphatic carbocycles. The van der Waals surface area contributed by atoms with Gasteiger partial charge in [0.25, 0.3) is 0 Å². The van der Waals surface area contributed by atoms with E-state index in [1.165, 1.54) is 6.08 Å². The molecule has 5 N–H and O–H groups in total. The van der Waals surface area contributed by atoms with E-state index in [1.54, 1.807) is 6.92 Å². The number of aliphatic hydroxyl groups excluding tert-OH is 2. The Balaban J connectivity index is 4.85. The van der Waals surface area contributed by atoms with Gasteiger partial charge in [-0.25, -0.2) is 0 Å². The first kappa shape index (κ1) is 25.8. The average Bonchev–Trinajstić information content (AvgIpc) is 2.59. The third kappa shape index (κ3) is 7.04. The van der Waals surface area contributed by atoms with Gasteiger partial charge in [0.05, 0.1) is 6.61 Å². The Hall–Kier alpha value is -1.19. The van der Waals surface area contributed by atoms with Crippen molar-refractivity contribution in [2.75, 3.05) is 6.61 Å². The molecule has 160 valence electrons. The number of halogens is 4. The third-order valence-electron chi connectivity index (χ3n) is 4.58. The molecule has 0 aromatic rings. The molecule has 0 aliphatic heterocycles. The number of allylic oxidation sites excluding steroid dienone is 2. The second-order valence-corrected chi connectivity index (χ2v) is 7.05. The van der Waals surface area contributed by atoms with Crippen LogP contribution in [0.5, 0.6) is 0 Å². The SMILES string of the molecule is CCCCCCCC(C)/C=C/CC(F)(F)C(F)(F)C(O)C(N)(CO)C(=O)O. The van der Waals surface area contributed by atoms with E-state index in [0.717, 1.165) is 44.6 Å². The Labute approximate surface area is 157 Å². The smallest absolute Gasteiger partial charge is 0.338 e. The Bertz CT molecular complexity index is 488. The maximum absolute atomic E-state index is 14.0. The van der Waals surface area contributed by atoms with Crippen LogP contribution in [0.3, 0.4) is 0 Å². The van der Waals surface area contributed by atoms with Crippen LogP contribution in [0.25, 0.3) is 0 Å². The lowest BCUT2D eigenvalue weighted by molar-refractivity contribution is -0.265. The van der Waals surface area contributed by atoms with Crippen LogP contribution < -0.4 is 5.73 Å². The van der Waals surface area contributed by atoms with Gasteiger partial charge in [-0.15, -0.1) is 0 Å². The zero-order valence-corrected chi connectivity index (χ0v) is 15.8. The lowest BCUT2D eigenvalue weighted by Crippen LogP contribution is -2.69. The third-order valence-corrected chi connectivity index (χ3v) is 4.58. The average molecular weight is 401 g/mol. The summed E-state index contributed by atoms with van der Waals surface area (Å²) in [5, 5.41) is 27.1. The van der Waals surface area contributed by atoms with Gasteiger partial charge in [-0.05, 0) is 12.3 Å². The molecule has 0 radical (unpaired) electrons. The second-order valence-electron chi connectivity index (χ2n) is 7.05. The highest BCUT2D eigenvalue weighted by Crippen LogP contribution is 2.42. The lowest BCUT2D eigenvalue weighted by atomic mass is 9.86. The Morgan fingerprint density at radius 2 is 1.70 bits per heavy atom.